The minimum Gasteiger partial charge on any atom is -0.211 e. The van der Waals surface area contributed by atoms with Crippen LogP contribution in [0.4, 0.5) is 0 Å². The monoisotopic (exact) mass is 247 g/mol. The molecule has 84 valence electrons. The highest BCUT2D eigenvalue weighted by Crippen LogP contribution is 2.14. The maximum Gasteiger partial charge on any atom is 0.240 e. The molecule has 0 aliphatic heterocycles. The zero-order valence-corrected chi connectivity index (χ0v) is 10.1. The number of halogens is 1. The molecule has 0 aliphatic rings. The Hall–Kier alpha value is -0.580. The van der Waals surface area contributed by atoms with Crippen LogP contribution in [0.2, 0.25) is 5.02 Å². The van der Waals surface area contributed by atoms with E-state index >= 15 is 0 Å². The molecule has 1 aromatic carbocycles. The zero-order valence-electron chi connectivity index (χ0n) is 8.53. The molecule has 1 rings (SSSR count). The fourth-order valence-corrected chi connectivity index (χ4v) is 2.48. The van der Waals surface area contributed by atoms with Gasteiger partial charge < -0.3 is 0 Å². The molecular formula is C10H14ClNO2S. The molecule has 0 atom stereocenters. The third kappa shape index (κ3) is 3.81. The molecule has 0 heterocycles. The smallest absolute Gasteiger partial charge is 0.211 e. The van der Waals surface area contributed by atoms with Gasteiger partial charge in [-0.1, -0.05) is 31.0 Å². The SMILES string of the molecule is CCCCNS(=O)(=O)c1cccc(Cl)c1. The van der Waals surface area contributed by atoms with E-state index in [1.807, 2.05) is 6.92 Å². The Balaban J connectivity index is 2.77. The summed E-state index contributed by atoms with van der Waals surface area (Å²) in [5.74, 6) is 0. The number of hydrogen-bond acceptors (Lipinski definition) is 2. The Bertz CT molecular complexity index is 417. The number of unbranched alkanes of at least 4 members (excludes halogenated alkanes) is 1. The van der Waals surface area contributed by atoms with E-state index in [4.69, 9.17) is 11.6 Å². The van der Waals surface area contributed by atoms with Gasteiger partial charge in [0.1, 0.15) is 0 Å². The van der Waals surface area contributed by atoms with Crippen molar-refractivity contribution in [2.75, 3.05) is 6.54 Å². The molecule has 0 unspecified atom stereocenters. The number of hydrogen-bond donors (Lipinski definition) is 1. The van der Waals surface area contributed by atoms with Gasteiger partial charge in [0.2, 0.25) is 10.0 Å². The van der Waals surface area contributed by atoms with Gasteiger partial charge in [-0.15, -0.1) is 0 Å². The minimum absolute atomic E-state index is 0.214. The van der Waals surface area contributed by atoms with E-state index in [0.29, 0.717) is 11.6 Å². The van der Waals surface area contributed by atoms with Crippen LogP contribution in [0.5, 0.6) is 0 Å². The van der Waals surface area contributed by atoms with E-state index in [1.54, 1.807) is 12.1 Å². The van der Waals surface area contributed by atoms with E-state index in [9.17, 15) is 8.42 Å². The first-order valence-corrected chi connectivity index (χ1v) is 6.67. The molecule has 0 aromatic heterocycles. The van der Waals surface area contributed by atoms with Crippen LogP contribution in [-0.2, 0) is 10.0 Å². The molecule has 0 amide bonds. The van der Waals surface area contributed by atoms with Gasteiger partial charge in [-0.25, -0.2) is 13.1 Å². The Kier molecular flexibility index (Phi) is 4.57. The normalized spacial score (nSPS) is 11.6. The minimum atomic E-state index is -3.39. The van der Waals surface area contributed by atoms with E-state index in [0.717, 1.165) is 12.8 Å². The zero-order chi connectivity index (χ0) is 11.3. The lowest BCUT2D eigenvalue weighted by molar-refractivity contribution is 0.578. The quantitative estimate of drug-likeness (QED) is 0.813. The predicted octanol–water partition coefficient (Wildman–Crippen LogP) is 2.42. The first kappa shape index (κ1) is 12.5. The van der Waals surface area contributed by atoms with Crippen molar-refractivity contribution in [3.8, 4) is 0 Å². The lowest BCUT2D eigenvalue weighted by Crippen LogP contribution is -2.24. The first-order valence-electron chi connectivity index (χ1n) is 4.81. The largest absolute Gasteiger partial charge is 0.240 e. The van der Waals surface area contributed by atoms with Crippen molar-refractivity contribution in [3.05, 3.63) is 29.3 Å². The summed E-state index contributed by atoms with van der Waals surface area (Å²) in [7, 11) is -3.39. The van der Waals surface area contributed by atoms with Gasteiger partial charge in [0.15, 0.2) is 0 Å². The van der Waals surface area contributed by atoms with E-state index in [-0.39, 0.29) is 4.90 Å². The number of nitrogens with one attached hydrogen (secondary N) is 1. The predicted molar refractivity (Wildman–Crippen MR) is 61.5 cm³/mol. The molecule has 0 saturated carbocycles. The average molecular weight is 248 g/mol. The maximum atomic E-state index is 11.7. The molecular weight excluding hydrogens is 234 g/mol. The highest BCUT2D eigenvalue weighted by atomic mass is 35.5. The number of sulfonamides is 1. The number of rotatable bonds is 5. The molecule has 0 saturated heterocycles. The average Bonchev–Trinajstić information content (AvgIpc) is 2.18. The Morgan fingerprint density at radius 2 is 2.13 bits per heavy atom. The van der Waals surface area contributed by atoms with E-state index in [2.05, 4.69) is 4.72 Å². The van der Waals surface area contributed by atoms with Crippen molar-refractivity contribution in [2.45, 2.75) is 24.7 Å². The Morgan fingerprint density at radius 3 is 2.73 bits per heavy atom. The second kappa shape index (κ2) is 5.49. The van der Waals surface area contributed by atoms with Crippen molar-refractivity contribution >= 4 is 21.6 Å². The highest BCUT2D eigenvalue weighted by molar-refractivity contribution is 7.89. The molecule has 1 N–H and O–H groups in total. The van der Waals surface area contributed by atoms with E-state index in [1.165, 1.54) is 12.1 Å². The van der Waals surface area contributed by atoms with Crippen molar-refractivity contribution in [2.24, 2.45) is 0 Å². The van der Waals surface area contributed by atoms with Crippen molar-refractivity contribution in [3.63, 3.8) is 0 Å². The van der Waals surface area contributed by atoms with E-state index < -0.39 is 10.0 Å². The maximum absolute atomic E-state index is 11.7. The Labute approximate surface area is 95.5 Å². The molecule has 0 spiro atoms. The third-order valence-electron chi connectivity index (χ3n) is 1.93. The molecule has 0 bridgehead atoms. The second-order valence-electron chi connectivity index (χ2n) is 3.21. The summed E-state index contributed by atoms with van der Waals surface area (Å²) >= 11 is 5.72. The van der Waals surface area contributed by atoms with Gasteiger partial charge in [0, 0.05) is 11.6 Å². The van der Waals surface area contributed by atoms with Crippen LogP contribution >= 0.6 is 11.6 Å². The first-order chi connectivity index (χ1) is 7.06. The lowest BCUT2D eigenvalue weighted by atomic mass is 10.3. The standard InChI is InChI=1S/C10H14ClNO2S/c1-2-3-7-12-15(13,14)10-6-4-5-9(11)8-10/h4-6,8,12H,2-3,7H2,1H3. The van der Waals surface area contributed by atoms with Crippen LogP contribution in [0, 0.1) is 0 Å². The van der Waals surface area contributed by atoms with Crippen molar-refractivity contribution in [1.82, 2.24) is 4.72 Å². The van der Waals surface area contributed by atoms with Crippen LogP contribution in [0.3, 0.4) is 0 Å². The summed E-state index contributed by atoms with van der Waals surface area (Å²) < 4.78 is 25.9. The van der Waals surface area contributed by atoms with Gasteiger partial charge in [-0.05, 0) is 24.6 Å². The molecule has 3 nitrogen and oxygen atoms in total. The Morgan fingerprint density at radius 1 is 1.40 bits per heavy atom. The summed E-state index contributed by atoms with van der Waals surface area (Å²) in [6, 6.07) is 6.24. The highest BCUT2D eigenvalue weighted by Gasteiger charge is 2.12. The van der Waals surface area contributed by atoms with Crippen molar-refractivity contribution in [1.29, 1.82) is 0 Å². The van der Waals surface area contributed by atoms with Gasteiger partial charge in [0.25, 0.3) is 0 Å². The summed E-state index contributed by atoms with van der Waals surface area (Å²) in [5.41, 5.74) is 0. The van der Waals surface area contributed by atoms with Crippen LogP contribution in [0.1, 0.15) is 19.8 Å². The number of benzene rings is 1. The molecule has 5 heteroatoms. The van der Waals surface area contributed by atoms with Gasteiger partial charge in [0.05, 0.1) is 4.90 Å². The van der Waals surface area contributed by atoms with Crippen LogP contribution in [0.15, 0.2) is 29.2 Å². The van der Waals surface area contributed by atoms with Gasteiger partial charge in [-0.3, -0.25) is 0 Å². The third-order valence-corrected chi connectivity index (χ3v) is 3.62. The second-order valence-corrected chi connectivity index (χ2v) is 5.41. The van der Waals surface area contributed by atoms with Gasteiger partial charge in [-0.2, -0.15) is 0 Å². The van der Waals surface area contributed by atoms with Gasteiger partial charge >= 0.3 is 0 Å². The molecule has 1 aromatic rings. The van der Waals surface area contributed by atoms with Crippen molar-refractivity contribution < 1.29 is 8.42 Å². The van der Waals surface area contributed by atoms with Crippen LogP contribution in [0.25, 0.3) is 0 Å². The summed E-state index contributed by atoms with van der Waals surface area (Å²) in [5, 5.41) is 0.424. The fraction of sp³-hybridized carbons (Fsp3) is 0.400. The molecule has 0 aliphatic carbocycles. The van der Waals surface area contributed by atoms with Crippen LogP contribution in [-0.4, -0.2) is 15.0 Å². The summed E-state index contributed by atoms with van der Waals surface area (Å²) in [4.78, 5) is 0.214. The summed E-state index contributed by atoms with van der Waals surface area (Å²) in [6.07, 6.45) is 1.79. The molecule has 0 fully saturated rings. The lowest BCUT2D eigenvalue weighted by Gasteiger charge is -2.05. The van der Waals surface area contributed by atoms with Crippen LogP contribution < -0.4 is 4.72 Å². The topological polar surface area (TPSA) is 46.2 Å². The molecule has 0 radical (unpaired) electrons. The molecule has 15 heavy (non-hydrogen) atoms. The fourth-order valence-electron chi connectivity index (χ4n) is 1.10. The summed E-state index contributed by atoms with van der Waals surface area (Å²) in [6.45, 7) is 2.47.